The molecule has 0 amide bonds. The predicted octanol–water partition coefficient (Wildman–Crippen LogP) is 1.19. The molecule has 0 aliphatic rings. The van der Waals surface area contributed by atoms with Gasteiger partial charge < -0.3 is 10.2 Å². The molecule has 0 aromatic carbocycles. The molecule has 0 bridgehead atoms. The Bertz CT molecular complexity index is 484. The van der Waals surface area contributed by atoms with E-state index in [2.05, 4.69) is 9.97 Å². The maximum absolute atomic E-state index is 8.66. The SMILES string of the molecule is N#Cc1cc(-c2ccco2)nc(N)n1. The summed E-state index contributed by atoms with van der Waals surface area (Å²) in [5.41, 5.74) is 6.16. The van der Waals surface area contributed by atoms with Crippen molar-refractivity contribution in [1.29, 1.82) is 5.26 Å². The molecule has 0 saturated carbocycles. The second-order valence-electron chi connectivity index (χ2n) is 2.59. The van der Waals surface area contributed by atoms with Crippen LogP contribution in [0.4, 0.5) is 5.95 Å². The highest BCUT2D eigenvalue weighted by Gasteiger charge is 2.06. The van der Waals surface area contributed by atoms with Crippen LogP contribution in [0.2, 0.25) is 0 Å². The third-order valence-electron chi connectivity index (χ3n) is 1.63. The van der Waals surface area contributed by atoms with E-state index in [1.807, 2.05) is 6.07 Å². The Morgan fingerprint density at radius 3 is 2.93 bits per heavy atom. The van der Waals surface area contributed by atoms with Gasteiger partial charge in [-0.2, -0.15) is 5.26 Å². The van der Waals surface area contributed by atoms with Crippen LogP contribution >= 0.6 is 0 Å². The standard InChI is InChI=1S/C9H6N4O/c10-5-6-4-7(13-9(11)12-6)8-2-1-3-14-8/h1-4H,(H2,11,12,13). The van der Waals surface area contributed by atoms with Gasteiger partial charge in [0.05, 0.1) is 6.26 Å². The van der Waals surface area contributed by atoms with E-state index in [-0.39, 0.29) is 11.6 Å². The highest BCUT2D eigenvalue weighted by atomic mass is 16.3. The number of rotatable bonds is 1. The van der Waals surface area contributed by atoms with Gasteiger partial charge in [0.25, 0.3) is 0 Å². The van der Waals surface area contributed by atoms with Gasteiger partial charge in [-0.1, -0.05) is 0 Å². The van der Waals surface area contributed by atoms with Crippen molar-refractivity contribution in [2.24, 2.45) is 0 Å². The largest absolute Gasteiger partial charge is 0.463 e. The number of aromatic nitrogens is 2. The van der Waals surface area contributed by atoms with Crippen LogP contribution < -0.4 is 5.73 Å². The fourth-order valence-corrected chi connectivity index (χ4v) is 1.07. The number of nitriles is 1. The average molecular weight is 186 g/mol. The second-order valence-corrected chi connectivity index (χ2v) is 2.59. The first-order chi connectivity index (χ1) is 6.79. The van der Waals surface area contributed by atoms with E-state index < -0.39 is 0 Å². The Balaban J connectivity index is 2.55. The van der Waals surface area contributed by atoms with Gasteiger partial charge in [0.1, 0.15) is 17.5 Å². The maximum Gasteiger partial charge on any atom is 0.221 e. The molecule has 14 heavy (non-hydrogen) atoms. The van der Waals surface area contributed by atoms with Crippen molar-refractivity contribution >= 4 is 5.95 Å². The highest BCUT2D eigenvalue weighted by Crippen LogP contribution is 2.18. The maximum atomic E-state index is 8.66. The van der Waals surface area contributed by atoms with Gasteiger partial charge in [0, 0.05) is 6.07 Å². The van der Waals surface area contributed by atoms with Gasteiger partial charge in [-0.05, 0) is 12.1 Å². The molecule has 0 aliphatic heterocycles. The molecule has 0 unspecified atom stereocenters. The molecule has 2 N–H and O–H groups in total. The van der Waals surface area contributed by atoms with E-state index >= 15 is 0 Å². The van der Waals surface area contributed by atoms with Gasteiger partial charge in [0.15, 0.2) is 5.76 Å². The van der Waals surface area contributed by atoms with E-state index in [0.717, 1.165) is 0 Å². The third kappa shape index (κ3) is 1.41. The molecular formula is C9H6N4O. The zero-order chi connectivity index (χ0) is 9.97. The monoisotopic (exact) mass is 186 g/mol. The molecule has 0 atom stereocenters. The first-order valence-corrected chi connectivity index (χ1v) is 3.88. The van der Waals surface area contributed by atoms with E-state index in [1.165, 1.54) is 12.3 Å². The summed E-state index contributed by atoms with van der Waals surface area (Å²) < 4.78 is 5.12. The molecule has 5 heteroatoms. The summed E-state index contributed by atoms with van der Waals surface area (Å²) in [7, 11) is 0. The summed E-state index contributed by atoms with van der Waals surface area (Å²) in [6.07, 6.45) is 1.53. The number of nitrogens with zero attached hydrogens (tertiary/aromatic N) is 3. The van der Waals surface area contributed by atoms with Crippen LogP contribution in [-0.2, 0) is 0 Å². The summed E-state index contributed by atoms with van der Waals surface area (Å²) in [5, 5.41) is 8.66. The molecule has 0 aliphatic carbocycles. The predicted molar refractivity (Wildman–Crippen MR) is 48.9 cm³/mol. The Hall–Kier alpha value is -2.35. The number of hydrogen-bond donors (Lipinski definition) is 1. The molecule has 5 nitrogen and oxygen atoms in total. The fourth-order valence-electron chi connectivity index (χ4n) is 1.07. The minimum absolute atomic E-state index is 0.0652. The van der Waals surface area contributed by atoms with Crippen molar-refractivity contribution < 1.29 is 4.42 Å². The summed E-state index contributed by atoms with van der Waals surface area (Å²) in [6, 6.07) is 6.90. The molecular weight excluding hydrogens is 180 g/mol. The van der Waals surface area contributed by atoms with Gasteiger partial charge in [-0.3, -0.25) is 0 Å². The number of furan rings is 1. The Kier molecular flexibility index (Phi) is 1.88. The Morgan fingerprint density at radius 2 is 2.29 bits per heavy atom. The van der Waals surface area contributed by atoms with Gasteiger partial charge in [-0.25, -0.2) is 9.97 Å². The van der Waals surface area contributed by atoms with Crippen LogP contribution in [0.3, 0.4) is 0 Å². The molecule has 0 saturated heterocycles. The molecule has 68 valence electrons. The fraction of sp³-hybridized carbons (Fsp3) is 0. The average Bonchev–Trinajstić information content (AvgIpc) is 2.69. The van der Waals surface area contributed by atoms with Crippen molar-refractivity contribution in [3.05, 3.63) is 30.2 Å². The second kappa shape index (κ2) is 3.18. The highest BCUT2D eigenvalue weighted by molar-refractivity contribution is 5.55. The van der Waals surface area contributed by atoms with Crippen LogP contribution in [0, 0.1) is 11.3 Å². The molecule has 2 heterocycles. The topological polar surface area (TPSA) is 88.7 Å². The van der Waals surface area contributed by atoms with Crippen LogP contribution in [0.15, 0.2) is 28.9 Å². The molecule has 2 rings (SSSR count). The first-order valence-electron chi connectivity index (χ1n) is 3.88. The quantitative estimate of drug-likeness (QED) is 0.722. The first kappa shape index (κ1) is 8.26. The summed E-state index contributed by atoms with van der Waals surface area (Å²) in [6.45, 7) is 0. The summed E-state index contributed by atoms with van der Waals surface area (Å²) >= 11 is 0. The number of anilines is 1. The lowest BCUT2D eigenvalue weighted by atomic mass is 10.3. The smallest absolute Gasteiger partial charge is 0.221 e. The van der Waals surface area contributed by atoms with Crippen molar-refractivity contribution in [2.45, 2.75) is 0 Å². The summed E-state index contributed by atoms with van der Waals surface area (Å²) in [5.74, 6) is 0.631. The zero-order valence-corrected chi connectivity index (χ0v) is 7.14. The van der Waals surface area contributed by atoms with Gasteiger partial charge in [-0.15, -0.1) is 0 Å². The van der Waals surface area contributed by atoms with Gasteiger partial charge in [0.2, 0.25) is 5.95 Å². The van der Waals surface area contributed by atoms with Crippen LogP contribution in [0.1, 0.15) is 5.69 Å². The van der Waals surface area contributed by atoms with Crippen molar-refractivity contribution in [1.82, 2.24) is 9.97 Å². The van der Waals surface area contributed by atoms with Crippen LogP contribution in [-0.4, -0.2) is 9.97 Å². The molecule has 2 aromatic rings. The van der Waals surface area contributed by atoms with E-state index in [9.17, 15) is 0 Å². The minimum atomic E-state index is 0.0652. The van der Waals surface area contributed by atoms with E-state index in [4.69, 9.17) is 15.4 Å². The lowest BCUT2D eigenvalue weighted by Gasteiger charge is -1.97. The zero-order valence-electron chi connectivity index (χ0n) is 7.14. The van der Waals surface area contributed by atoms with Gasteiger partial charge >= 0.3 is 0 Å². The molecule has 0 spiro atoms. The molecule has 0 fully saturated rings. The summed E-state index contributed by atoms with van der Waals surface area (Å²) in [4.78, 5) is 7.67. The van der Waals surface area contributed by atoms with Crippen molar-refractivity contribution in [3.63, 3.8) is 0 Å². The Morgan fingerprint density at radius 1 is 1.43 bits per heavy atom. The lowest BCUT2D eigenvalue weighted by molar-refractivity contribution is 0.580. The van der Waals surface area contributed by atoms with Crippen LogP contribution in [0.25, 0.3) is 11.5 Å². The molecule has 0 radical (unpaired) electrons. The lowest BCUT2D eigenvalue weighted by Crippen LogP contribution is -1.98. The van der Waals surface area contributed by atoms with Crippen LogP contribution in [0.5, 0.6) is 0 Å². The third-order valence-corrected chi connectivity index (χ3v) is 1.63. The minimum Gasteiger partial charge on any atom is -0.463 e. The normalized spacial score (nSPS) is 9.64. The van der Waals surface area contributed by atoms with E-state index in [0.29, 0.717) is 11.5 Å². The number of nitrogen functional groups attached to an aromatic ring is 1. The molecule has 2 aromatic heterocycles. The Labute approximate surface area is 79.8 Å². The number of hydrogen-bond acceptors (Lipinski definition) is 5. The van der Waals surface area contributed by atoms with Crippen molar-refractivity contribution in [3.8, 4) is 17.5 Å². The van der Waals surface area contributed by atoms with Crippen molar-refractivity contribution in [2.75, 3.05) is 5.73 Å². The number of nitrogens with two attached hydrogens (primary N) is 1. The van der Waals surface area contributed by atoms with E-state index in [1.54, 1.807) is 12.1 Å².